The second-order valence-corrected chi connectivity index (χ2v) is 10.8. The predicted molar refractivity (Wildman–Crippen MR) is 135 cm³/mol. The van der Waals surface area contributed by atoms with Gasteiger partial charge in [0.25, 0.3) is 0 Å². The summed E-state index contributed by atoms with van der Waals surface area (Å²) in [7, 11) is 0. The van der Waals surface area contributed by atoms with Gasteiger partial charge in [0.15, 0.2) is 0 Å². The number of nitrogens with zero attached hydrogens (tertiary/aromatic N) is 1. The molecule has 0 saturated heterocycles. The molecule has 2 aromatic carbocycles. The van der Waals surface area contributed by atoms with Gasteiger partial charge in [0.2, 0.25) is 11.8 Å². The summed E-state index contributed by atoms with van der Waals surface area (Å²) in [6.07, 6.45) is 1.02. The predicted octanol–water partition coefficient (Wildman–Crippen LogP) is 5.87. The van der Waals surface area contributed by atoms with Crippen molar-refractivity contribution in [2.45, 2.75) is 72.4 Å². The third-order valence-corrected chi connectivity index (χ3v) is 6.03. The molecule has 0 fully saturated rings. The van der Waals surface area contributed by atoms with Gasteiger partial charge in [0.05, 0.1) is 0 Å². The standard InChI is InChI=1S/C27H37BrN2O2/c1-19(2)17-29-26(32)20(3)30(18-22-8-7-9-24(28)16-22)25(31)15-12-21-10-13-23(14-11-21)27(4,5)6/h7-11,13-14,16,19-20H,12,15,17-18H2,1-6H3,(H,29,32). The Kier molecular flexibility index (Phi) is 9.50. The Labute approximate surface area is 201 Å². The van der Waals surface area contributed by atoms with Crippen LogP contribution in [-0.2, 0) is 28.0 Å². The van der Waals surface area contributed by atoms with E-state index < -0.39 is 6.04 Å². The summed E-state index contributed by atoms with van der Waals surface area (Å²) in [5, 5.41) is 2.97. The van der Waals surface area contributed by atoms with Gasteiger partial charge < -0.3 is 10.2 Å². The van der Waals surface area contributed by atoms with Crippen LogP contribution in [0.1, 0.15) is 64.7 Å². The molecule has 0 bridgehead atoms. The molecule has 5 heteroatoms. The van der Waals surface area contributed by atoms with Gasteiger partial charge in [-0.1, -0.05) is 86.9 Å². The van der Waals surface area contributed by atoms with Gasteiger partial charge in [-0.2, -0.15) is 0 Å². The Bertz CT molecular complexity index is 901. The lowest BCUT2D eigenvalue weighted by atomic mass is 9.86. The van der Waals surface area contributed by atoms with Crippen molar-refractivity contribution in [3.63, 3.8) is 0 Å². The molecule has 0 aliphatic rings. The zero-order valence-corrected chi connectivity index (χ0v) is 21.8. The number of halogens is 1. The van der Waals surface area contributed by atoms with E-state index in [-0.39, 0.29) is 17.2 Å². The normalized spacial score (nSPS) is 12.5. The second-order valence-electron chi connectivity index (χ2n) is 9.91. The summed E-state index contributed by atoms with van der Waals surface area (Å²) in [5.41, 5.74) is 3.50. The maximum atomic E-state index is 13.3. The van der Waals surface area contributed by atoms with Crippen LogP contribution in [0.2, 0.25) is 0 Å². The minimum Gasteiger partial charge on any atom is -0.354 e. The molecule has 2 aromatic rings. The molecule has 2 amide bonds. The average Bonchev–Trinajstić information content (AvgIpc) is 2.73. The van der Waals surface area contributed by atoms with Crippen LogP contribution in [0.3, 0.4) is 0 Å². The van der Waals surface area contributed by atoms with Crippen LogP contribution < -0.4 is 5.32 Å². The Morgan fingerprint density at radius 3 is 2.22 bits per heavy atom. The van der Waals surface area contributed by atoms with E-state index in [1.807, 2.05) is 31.2 Å². The number of nitrogens with one attached hydrogen (secondary N) is 1. The first-order valence-electron chi connectivity index (χ1n) is 11.4. The van der Waals surface area contributed by atoms with Crippen molar-refractivity contribution in [1.29, 1.82) is 0 Å². The number of carbonyl (C=O) groups is 2. The lowest BCUT2D eigenvalue weighted by Gasteiger charge is -2.29. The lowest BCUT2D eigenvalue weighted by molar-refractivity contribution is -0.140. The van der Waals surface area contributed by atoms with Gasteiger partial charge >= 0.3 is 0 Å². The Morgan fingerprint density at radius 1 is 1.00 bits per heavy atom. The maximum Gasteiger partial charge on any atom is 0.242 e. The third kappa shape index (κ3) is 8.09. The van der Waals surface area contributed by atoms with Crippen molar-refractivity contribution in [3.8, 4) is 0 Å². The van der Waals surface area contributed by atoms with Crippen LogP contribution in [0.5, 0.6) is 0 Å². The number of carbonyl (C=O) groups excluding carboxylic acids is 2. The molecule has 0 saturated carbocycles. The van der Waals surface area contributed by atoms with Gasteiger partial charge in [-0.25, -0.2) is 0 Å². The van der Waals surface area contributed by atoms with Crippen molar-refractivity contribution in [2.24, 2.45) is 5.92 Å². The van der Waals surface area contributed by atoms with E-state index in [2.05, 4.69) is 80.1 Å². The summed E-state index contributed by atoms with van der Waals surface area (Å²) >= 11 is 3.49. The number of hydrogen-bond donors (Lipinski definition) is 1. The smallest absolute Gasteiger partial charge is 0.242 e. The summed E-state index contributed by atoms with van der Waals surface area (Å²) in [5.74, 6) is 0.227. The Hall–Kier alpha value is -2.14. The van der Waals surface area contributed by atoms with Gasteiger partial charge in [-0.15, -0.1) is 0 Å². The first-order valence-corrected chi connectivity index (χ1v) is 12.2. The molecule has 174 valence electrons. The van der Waals surface area contributed by atoms with E-state index in [4.69, 9.17) is 0 Å². The molecule has 0 aliphatic carbocycles. The first kappa shape index (κ1) is 26.1. The van der Waals surface area contributed by atoms with E-state index >= 15 is 0 Å². The molecule has 0 heterocycles. The van der Waals surface area contributed by atoms with Gasteiger partial charge in [-0.05, 0) is 53.5 Å². The van der Waals surface area contributed by atoms with Gasteiger partial charge in [0, 0.05) is 24.0 Å². The van der Waals surface area contributed by atoms with Crippen molar-refractivity contribution in [1.82, 2.24) is 10.2 Å². The molecule has 0 aromatic heterocycles. The van der Waals surface area contributed by atoms with Crippen LogP contribution in [0.4, 0.5) is 0 Å². The number of hydrogen-bond acceptors (Lipinski definition) is 2. The number of rotatable bonds is 9. The second kappa shape index (κ2) is 11.6. The van der Waals surface area contributed by atoms with Crippen LogP contribution >= 0.6 is 15.9 Å². The maximum absolute atomic E-state index is 13.3. The quantitative estimate of drug-likeness (QED) is 0.467. The fraction of sp³-hybridized carbons (Fsp3) is 0.481. The summed E-state index contributed by atoms with van der Waals surface area (Å²) < 4.78 is 0.957. The molecule has 4 nitrogen and oxygen atoms in total. The monoisotopic (exact) mass is 500 g/mol. The molecule has 0 radical (unpaired) electrons. The summed E-state index contributed by atoms with van der Waals surface area (Å²) in [4.78, 5) is 27.7. The zero-order chi connectivity index (χ0) is 23.9. The third-order valence-electron chi connectivity index (χ3n) is 5.54. The topological polar surface area (TPSA) is 49.4 Å². The van der Waals surface area contributed by atoms with E-state index in [0.29, 0.717) is 31.8 Å². The molecule has 0 aliphatic heterocycles. The average molecular weight is 502 g/mol. The van der Waals surface area contributed by atoms with Crippen molar-refractivity contribution in [2.75, 3.05) is 6.54 Å². The fourth-order valence-corrected chi connectivity index (χ4v) is 3.88. The van der Waals surface area contributed by atoms with Crippen LogP contribution in [-0.4, -0.2) is 29.3 Å². The summed E-state index contributed by atoms with van der Waals surface area (Å²) in [6, 6.07) is 15.8. The largest absolute Gasteiger partial charge is 0.354 e. The van der Waals surface area contributed by atoms with E-state index in [1.165, 1.54) is 5.56 Å². The van der Waals surface area contributed by atoms with Crippen molar-refractivity contribution < 1.29 is 9.59 Å². The van der Waals surface area contributed by atoms with Crippen LogP contribution in [0, 0.1) is 5.92 Å². The van der Waals surface area contributed by atoms with Crippen molar-refractivity contribution >= 4 is 27.7 Å². The van der Waals surface area contributed by atoms with E-state index in [0.717, 1.165) is 15.6 Å². The van der Waals surface area contributed by atoms with Crippen LogP contribution in [0.15, 0.2) is 53.0 Å². The Morgan fingerprint density at radius 2 is 1.66 bits per heavy atom. The van der Waals surface area contributed by atoms with Crippen molar-refractivity contribution in [3.05, 3.63) is 69.7 Å². The number of aryl methyl sites for hydroxylation is 1. The molecule has 1 unspecified atom stereocenters. The SMILES string of the molecule is CC(C)CNC(=O)C(C)N(Cc1cccc(Br)c1)C(=O)CCc1ccc(C(C)(C)C)cc1. The molecule has 32 heavy (non-hydrogen) atoms. The molecular formula is C27H37BrN2O2. The lowest BCUT2D eigenvalue weighted by Crippen LogP contribution is -2.48. The highest BCUT2D eigenvalue weighted by atomic mass is 79.9. The van der Waals surface area contributed by atoms with Crippen LogP contribution in [0.25, 0.3) is 0 Å². The molecule has 2 rings (SSSR count). The van der Waals surface area contributed by atoms with Gasteiger partial charge in [-0.3, -0.25) is 9.59 Å². The van der Waals surface area contributed by atoms with E-state index in [1.54, 1.807) is 4.90 Å². The fourth-order valence-electron chi connectivity index (χ4n) is 3.43. The number of amides is 2. The first-order chi connectivity index (χ1) is 15.0. The minimum absolute atomic E-state index is 0.0166. The molecular weight excluding hydrogens is 464 g/mol. The van der Waals surface area contributed by atoms with E-state index in [9.17, 15) is 9.59 Å². The molecule has 0 spiro atoms. The number of benzene rings is 2. The highest BCUT2D eigenvalue weighted by molar-refractivity contribution is 9.10. The zero-order valence-electron chi connectivity index (χ0n) is 20.2. The van der Waals surface area contributed by atoms with Gasteiger partial charge in [0.1, 0.15) is 6.04 Å². The molecule has 1 N–H and O–H groups in total. The summed E-state index contributed by atoms with van der Waals surface area (Å²) in [6.45, 7) is 13.5. The highest BCUT2D eigenvalue weighted by Gasteiger charge is 2.26. The molecule has 1 atom stereocenters. The minimum atomic E-state index is -0.538. The Balaban J connectivity index is 2.12. The highest BCUT2D eigenvalue weighted by Crippen LogP contribution is 2.23.